The summed E-state index contributed by atoms with van der Waals surface area (Å²) in [5.74, 6) is 0.0949. The van der Waals surface area contributed by atoms with Crippen molar-refractivity contribution in [3.05, 3.63) is 85.9 Å². The van der Waals surface area contributed by atoms with Crippen molar-refractivity contribution in [2.75, 3.05) is 0 Å². The van der Waals surface area contributed by atoms with Crippen LogP contribution in [0.2, 0.25) is 0 Å². The molecule has 29 heavy (non-hydrogen) atoms. The topological polar surface area (TPSA) is 47.0 Å². The van der Waals surface area contributed by atoms with E-state index in [1.54, 1.807) is 0 Å². The Labute approximate surface area is 183 Å². The van der Waals surface area contributed by atoms with Gasteiger partial charge in [-0.2, -0.15) is 0 Å². The Bertz CT molecular complexity index is 1080. The van der Waals surface area contributed by atoms with Gasteiger partial charge >= 0.3 is 183 Å². The molecule has 0 unspecified atom stereocenters. The van der Waals surface area contributed by atoms with E-state index in [1.165, 1.54) is 15.6 Å². The molecule has 0 saturated heterocycles. The number of benzene rings is 2. The molecule has 0 atom stereocenters. The zero-order chi connectivity index (χ0) is 21.0. The Morgan fingerprint density at radius 2 is 1.76 bits per heavy atom. The quantitative estimate of drug-likeness (QED) is 0.422. The molecule has 0 saturated carbocycles. The summed E-state index contributed by atoms with van der Waals surface area (Å²) in [6.45, 7) is 9.10. The number of aromatic nitrogens is 2. The van der Waals surface area contributed by atoms with E-state index in [9.17, 15) is 4.79 Å². The van der Waals surface area contributed by atoms with Gasteiger partial charge in [-0.15, -0.1) is 0 Å². The van der Waals surface area contributed by atoms with Crippen LogP contribution in [0.25, 0.3) is 0 Å². The van der Waals surface area contributed by atoms with Crippen LogP contribution < -0.4 is 14.6 Å². The molecule has 4 nitrogen and oxygen atoms in total. The molecule has 0 amide bonds. The van der Waals surface area contributed by atoms with Crippen molar-refractivity contribution in [1.29, 1.82) is 0 Å². The summed E-state index contributed by atoms with van der Waals surface area (Å²) in [6.07, 6.45) is 0. The maximum atomic E-state index is 12.7. The Kier molecular flexibility index (Phi) is 7.25. The van der Waals surface area contributed by atoms with Gasteiger partial charge in [0.05, 0.1) is 0 Å². The molecule has 0 aliphatic heterocycles. The molecular weight excluding hydrogens is 447 g/mol. The number of H-pyrrole nitrogens is 1. The Balaban J connectivity index is 1.98. The number of ether oxygens (including phenoxy) is 1. The zero-order valence-electron chi connectivity index (χ0n) is 17.2. The molecule has 3 aromatic rings. The van der Waals surface area contributed by atoms with E-state index in [1.807, 2.05) is 48.7 Å². The molecule has 0 fully saturated rings. The molecule has 0 aliphatic carbocycles. The summed E-state index contributed by atoms with van der Waals surface area (Å²) in [5.41, 5.74) is 4.26. The summed E-state index contributed by atoms with van der Waals surface area (Å²) < 4.78 is 10.5. The summed E-state index contributed by atoms with van der Waals surface area (Å²) in [6, 6.07) is 16.6. The molecule has 0 radical (unpaired) electrons. The minimum absolute atomic E-state index is 0.0612. The van der Waals surface area contributed by atoms with Gasteiger partial charge in [-0.25, -0.2) is 0 Å². The number of aromatic amines is 1. The molecule has 3 rings (SSSR count). The van der Waals surface area contributed by atoms with Crippen LogP contribution in [0.1, 0.15) is 42.0 Å². The molecule has 0 aliphatic rings. The first-order chi connectivity index (χ1) is 13.8. The molecule has 152 valence electrons. The van der Waals surface area contributed by atoms with E-state index in [2.05, 4.69) is 37.0 Å². The van der Waals surface area contributed by atoms with Gasteiger partial charge in [0.25, 0.3) is 0 Å². The standard InChI is InChI=1S/C23H26N2O2SSe/c1-15(2)20-21(26)24-23(28)25(14-27-13-18-8-6-5-7-9-18)22(20)29-19-11-16(3)10-17(4)12-19/h5-12,15H,13-14H2,1-4H3,(H,24,26,28). The molecule has 0 bridgehead atoms. The van der Waals surface area contributed by atoms with E-state index in [0.717, 1.165) is 15.7 Å². The number of aryl methyl sites for hydroxylation is 2. The average Bonchev–Trinajstić information content (AvgIpc) is 2.63. The first kappa shape index (κ1) is 21.7. The Hall–Kier alpha value is -1.98. The third kappa shape index (κ3) is 5.55. The number of hydrogen-bond acceptors (Lipinski definition) is 3. The van der Waals surface area contributed by atoms with E-state index in [4.69, 9.17) is 17.0 Å². The van der Waals surface area contributed by atoms with Gasteiger partial charge in [-0.1, -0.05) is 0 Å². The zero-order valence-corrected chi connectivity index (χ0v) is 19.7. The van der Waals surface area contributed by atoms with Gasteiger partial charge in [-0.05, 0) is 0 Å². The predicted molar refractivity (Wildman–Crippen MR) is 122 cm³/mol. The van der Waals surface area contributed by atoms with E-state index < -0.39 is 0 Å². The van der Waals surface area contributed by atoms with Crippen LogP contribution in [0.4, 0.5) is 0 Å². The van der Waals surface area contributed by atoms with Crippen molar-refractivity contribution in [2.45, 2.75) is 47.0 Å². The molecule has 1 heterocycles. The Morgan fingerprint density at radius 3 is 2.38 bits per heavy atom. The molecule has 0 spiro atoms. The van der Waals surface area contributed by atoms with Crippen LogP contribution in [-0.2, 0) is 18.1 Å². The van der Waals surface area contributed by atoms with Crippen LogP contribution in [0, 0.1) is 18.6 Å². The van der Waals surface area contributed by atoms with Gasteiger partial charge in [0.15, 0.2) is 0 Å². The fourth-order valence-corrected chi connectivity index (χ4v) is 6.55. The van der Waals surface area contributed by atoms with E-state index in [0.29, 0.717) is 18.1 Å². The van der Waals surface area contributed by atoms with Crippen LogP contribution in [0.15, 0.2) is 53.3 Å². The van der Waals surface area contributed by atoms with Crippen molar-refractivity contribution in [2.24, 2.45) is 0 Å². The fourth-order valence-electron chi connectivity index (χ4n) is 3.24. The first-order valence-corrected chi connectivity index (χ1v) is 11.7. The number of nitrogens with zero attached hydrogens (tertiary/aromatic N) is 1. The molecule has 1 N–H and O–H groups in total. The summed E-state index contributed by atoms with van der Waals surface area (Å²) >= 11 is 5.45. The third-order valence-corrected chi connectivity index (χ3v) is 7.15. The molecule has 6 heteroatoms. The number of nitrogens with one attached hydrogen (secondary N) is 1. The van der Waals surface area contributed by atoms with Crippen LogP contribution in [0.3, 0.4) is 0 Å². The van der Waals surface area contributed by atoms with Crippen LogP contribution in [-0.4, -0.2) is 24.5 Å². The monoisotopic (exact) mass is 474 g/mol. The van der Waals surface area contributed by atoms with Crippen molar-refractivity contribution >= 4 is 36.2 Å². The van der Waals surface area contributed by atoms with Crippen molar-refractivity contribution in [3.8, 4) is 0 Å². The second-order valence-corrected chi connectivity index (χ2v) is 10.1. The Morgan fingerprint density at radius 1 is 1.10 bits per heavy atom. The maximum absolute atomic E-state index is 12.7. The minimum atomic E-state index is -0.0921. The van der Waals surface area contributed by atoms with Gasteiger partial charge in [0, 0.05) is 0 Å². The van der Waals surface area contributed by atoms with Gasteiger partial charge in [-0.3, -0.25) is 0 Å². The van der Waals surface area contributed by atoms with Crippen molar-refractivity contribution in [3.63, 3.8) is 0 Å². The average molecular weight is 474 g/mol. The molecule has 2 aromatic carbocycles. The summed E-state index contributed by atoms with van der Waals surface area (Å²) in [7, 11) is 0. The van der Waals surface area contributed by atoms with Crippen molar-refractivity contribution in [1.82, 2.24) is 9.55 Å². The summed E-state index contributed by atoms with van der Waals surface area (Å²) in [5, 5.41) is 0. The first-order valence-electron chi connectivity index (χ1n) is 9.60. The molecule has 1 aromatic heterocycles. The van der Waals surface area contributed by atoms with E-state index >= 15 is 0 Å². The normalized spacial score (nSPS) is 11.2. The number of rotatable bonds is 7. The second-order valence-electron chi connectivity index (χ2n) is 7.45. The number of hydrogen-bond donors (Lipinski definition) is 1. The fraction of sp³-hybridized carbons (Fsp3) is 0.304. The van der Waals surface area contributed by atoms with Gasteiger partial charge in [0.2, 0.25) is 0 Å². The van der Waals surface area contributed by atoms with Gasteiger partial charge < -0.3 is 0 Å². The van der Waals surface area contributed by atoms with E-state index in [-0.39, 0.29) is 26.4 Å². The second kappa shape index (κ2) is 9.68. The SMILES string of the molecule is Cc1cc(C)cc([Se]c2c(C(C)C)c(=O)[nH]c(=S)n2COCc2ccccc2)c1. The van der Waals surface area contributed by atoms with Crippen LogP contribution in [0.5, 0.6) is 0 Å². The third-order valence-electron chi connectivity index (χ3n) is 4.50. The molecular formula is C23H26N2O2SSe. The van der Waals surface area contributed by atoms with Crippen LogP contribution >= 0.6 is 12.2 Å². The van der Waals surface area contributed by atoms with Gasteiger partial charge in [0.1, 0.15) is 0 Å². The van der Waals surface area contributed by atoms with Crippen molar-refractivity contribution < 1.29 is 4.74 Å². The summed E-state index contributed by atoms with van der Waals surface area (Å²) in [4.78, 5) is 15.5. The predicted octanol–water partition coefficient (Wildman–Crippen LogP) is 3.48.